The molecule has 0 spiro atoms. The minimum atomic E-state index is -0.153. The molecule has 1 aromatic carbocycles. The summed E-state index contributed by atoms with van der Waals surface area (Å²) in [5.74, 6) is 0.625. The molecule has 0 bridgehead atoms. The molecule has 0 saturated heterocycles. The van der Waals surface area contributed by atoms with E-state index in [1.165, 1.54) is 24.0 Å². The van der Waals surface area contributed by atoms with E-state index in [-0.39, 0.29) is 5.97 Å². The summed E-state index contributed by atoms with van der Waals surface area (Å²) in [4.78, 5) is 11.5. The van der Waals surface area contributed by atoms with E-state index in [9.17, 15) is 4.79 Å². The van der Waals surface area contributed by atoms with Gasteiger partial charge < -0.3 is 4.74 Å². The van der Waals surface area contributed by atoms with Crippen LogP contribution in [0.1, 0.15) is 58.1 Å². The molecule has 1 aliphatic rings. The third-order valence-corrected chi connectivity index (χ3v) is 4.61. The van der Waals surface area contributed by atoms with Crippen LogP contribution in [0.3, 0.4) is 0 Å². The van der Waals surface area contributed by atoms with Crippen molar-refractivity contribution in [1.29, 1.82) is 0 Å². The lowest BCUT2D eigenvalue weighted by molar-refractivity contribution is -0.142. The molecule has 120 valence electrons. The highest BCUT2D eigenvalue weighted by Gasteiger charge is 2.26. The van der Waals surface area contributed by atoms with Crippen LogP contribution in [0.15, 0.2) is 30.3 Å². The fraction of sp³-hybridized carbons (Fsp3) is 0.550. The van der Waals surface area contributed by atoms with Gasteiger partial charge in [0, 0.05) is 0 Å². The Morgan fingerprint density at radius 3 is 2.41 bits per heavy atom. The highest BCUT2D eigenvalue weighted by Crippen LogP contribution is 2.39. The molecule has 1 aliphatic carbocycles. The van der Waals surface area contributed by atoms with Crippen molar-refractivity contribution in [1.82, 2.24) is 0 Å². The van der Waals surface area contributed by atoms with Crippen molar-refractivity contribution in [2.24, 2.45) is 11.3 Å². The summed E-state index contributed by atoms with van der Waals surface area (Å²) in [5, 5.41) is 0. The number of hydrogen-bond donors (Lipinski definition) is 0. The Labute approximate surface area is 134 Å². The van der Waals surface area contributed by atoms with Gasteiger partial charge in [-0.2, -0.15) is 0 Å². The Morgan fingerprint density at radius 2 is 1.91 bits per heavy atom. The first-order valence-electron chi connectivity index (χ1n) is 8.34. The lowest BCUT2D eigenvalue weighted by Crippen LogP contribution is -2.21. The van der Waals surface area contributed by atoms with Gasteiger partial charge >= 0.3 is 5.97 Å². The van der Waals surface area contributed by atoms with E-state index in [4.69, 9.17) is 4.74 Å². The van der Waals surface area contributed by atoms with Crippen LogP contribution in [0.5, 0.6) is 0 Å². The van der Waals surface area contributed by atoms with Crippen LogP contribution in [0.4, 0.5) is 0 Å². The first-order chi connectivity index (χ1) is 10.4. The zero-order valence-electron chi connectivity index (χ0n) is 14.3. The molecule has 0 radical (unpaired) electrons. The second-order valence-corrected chi connectivity index (χ2v) is 7.25. The molecule has 0 N–H and O–H groups in total. The smallest absolute Gasteiger partial charge is 0.310 e. The molecular weight excluding hydrogens is 272 g/mol. The third kappa shape index (κ3) is 4.46. The standard InChI is InChI=1S/C20H28O2/c1-5-22-19(21)14-15-6-8-16(9-7-15)17-10-12-18(13-11-17)20(2,3)4/h6-10,18H,5,11-14H2,1-4H3. The van der Waals surface area contributed by atoms with Crippen LogP contribution in [0, 0.1) is 11.3 Å². The third-order valence-electron chi connectivity index (χ3n) is 4.61. The highest BCUT2D eigenvalue weighted by atomic mass is 16.5. The fourth-order valence-corrected chi connectivity index (χ4v) is 3.10. The lowest BCUT2D eigenvalue weighted by Gasteiger charge is -2.33. The molecule has 0 aromatic heterocycles. The molecule has 1 atom stereocenters. The van der Waals surface area contributed by atoms with Crippen molar-refractivity contribution in [3.05, 3.63) is 41.5 Å². The number of carbonyl (C=O) groups excluding carboxylic acids is 1. The maximum atomic E-state index is 11.5. The normalized spacial score (nSPS) is 18.7. The molecule has 2 heteroatoms. The first-order valence-corrected chi connectivity index (χ1v) is 8.34. The van der Waals surface area contributed by atoms with Crippen molar-refractivity contribution >= 4 is 11.5 Å². The van der Waals surface area contributed by atoms with E-state index in [2.05, 4.69) is 39.0 Å². The van der Waals surface area contributed by atoms with Gasteiger partial charge in [0.2, 0.25) is 0 Å². The van der Waals surface area contributed by atoms with Gasteiger partial charge in [-0.3, -0.25) is 4.79 Å². The zero-order valence-corrected chi connectivity index (χ0v) is 14.3. The van der Waals surface area contributed by atoms with Gasteiger partial charge in [-0.15, -0.1) is 0 Å². The van der Waals surface area contributed by atoms with E-state index in [0.29, 0.717) is 18.4 Å². The number of esters is 1. The van der Waals surface area contributed by atoms with Crippen LogP contribution < -0.4 is 0 Å². The van der Waals surface area contributed by atoms with Crippen molar-refractivity contribution in [3.8, 4) is 0 Å². The van der Waals surface area contributed by atoms with Crippen molar-refractivity contribution in [2.75, 3.05) is 6.61 Å². The van der Waals surface area contributed by atoms with E-state index < -0.39 is 0 Å². The van der Waals surface area contributed by atoms with Crippen molar-refractivity contribution in [3.63, 3.8) is 0 Å². The average Bonchev–Trinajstić information content (AvgIpc) is 2.47. The molecule has 0 aliphatic heterocycles. The molecule has 0 amide bonds. The molecule has 0 saturated carbocycles. The average molecular weight is 300 g/mol. The molecular formula is C20H28O2. The van der Waals surface area contributed by atoms with Crippen LogP contribution in [-0.2, 0) is 16.0 Å². The highest BCUT2D eigenvalue weighted by molar-refractivity contribution is 5.73. The SMILES string of the molecule is CCOC(=O)Cc1ccc(C2=CCC(C(C)(C)C)CC2)cc1. The van der Waals surface area contributed by atoms with Crippen LogP contribution in [0.2, 0.25) is 0 Å². The molecule has 1 aromatic rings. The molecule has 0 heterocycles. The zero-order chi connectivity index (χ0) is 16.2. The van der Waals surface area contributed by atoms with Gasteiger partial charge in [-0.1, -0.05) is 51.1 Å². The van der Waals surface area contributed by atoms with Crippen LogP contribution in [-0.4, -0.2) is 12.6 Å². The quantitative estimate of drug-likeness (QED) is 0.730. The van der Waals surface area contributed by atoms with Crippen molar-refractivity contribution in [2.45, 2.75) is 53.4 Å². The summed E-state index contributed by atoms with van der Waals surface area (Å²) in [6, 6.07) is 8.36. The summed E-state index contributed by atoms with van der Waals surface area (Å²) in [6.45, 7) is 9.28. The second-order valence-electron chi connectivity index (χ2n) is 7.25. The van der Waals surface area contributed by atoms with E-state index >= 15 is 0 Å². The Kier molecular flexibility index (Phi) is 5.44. The predicted octanol–water partition coefficient (Wildman–Crippen LogP) is 5.02. The number of carbonyl (C=O) groups is 1. The summed E-state index contributed by atoms with van der Waals surface area (Å²) >= 11 is 0. The van der Waals surface area contributed by atoms with Crippen LogP contribution in [0.25, 0.3) is 5.57 Å². The summed E-state index contributed by atoms with van der Waals surface area (Å²) in [6.07, 6.45) is 6.35. The van der Waals surface area contributed by atoms with Gasteiger partial charge in [-0.05, 0) is 54.2 Å². The minimum absolute atomic E-state index is 0.153. The second kappa shape index (κ2) is 7.13. The molecule has 1 unspecified atom stereocenters. The van der Waals surface area contributed by atoms with E-state index in [1.807, 2.05) is 19.1 Å². The predicted molar refractivity (Wildman–Crippen MR) is 91.6 cm³/mol. The number of benzene rings is 1. The summed E-state index contributed by atoms with van der Waals surface area (Å²) in [7, 11) is 0. The fourth-order valence-electron chi connectivity index (χ4n) is 3.10. The Morgan fingerprint density at radius 1 is 1.23 bits per heavy atom. The maximum Gasteiger partial charge on any atom is 0.310 e. The van der Waals surface area contributed by atoms with E-state index in [1.54, 1.807) is 0 Å². The molecule has 2 rings (SSSR count). The van der Waals surface area contributed by atoms with Crippen LogP contribution >= 0.6 is 0 Å². The van der Waals surface area contributed by atoms with E-state index in [0.717, 1.165) is 17.9 Å². The number of hydrogen-bond acceptors (Lipinski definition) is 2. The van der Waals surface area contributed by atoms with Gasteiger partial charge in [0.05, 0.1) is 13.0 Å². The Hall–Kier alpha value is -1.57. The Balaban J connectivity index is 1.99. The molecule has 22 heavy (non-hydrogen) atoms. The van der Waals surface area contributed by atoms with Gasteiger partial charge in [0.15, 0.2) is 0 Å². The maximum absolute atomic E-state index is 11.5. The van der Waals surface area contributed by atoms with Gasteiger partial charge in [0.1, 0.15) is 0 Å². The monoisotopic (exact) mass is 300 g/mol. The van der Waals surface area contributed by atoms with Gasteiger partial charge in [0.25, 0.3) is 0 Å². The number of allylic oxidation sites excluding steroid dienone is 2. The largest absolute Gasteiger partial charge is 0.466 e. The van der Waals surface area contributed by atoms with Gasteiger partial charge in [-0.25, -0.2) is 0 Å². The molecule has 0 fully saturated rings. The molecule has 2 nitrogen and oxygen atoms in total. The Bertz CT molecular complexity index is 532. The summed E-state index contributed by atoms with van der Waals surface area (Å²) in [5.41, 5.74) is 4.15. The lowest BCUT2D eigenvalue weighted by atomic mass is 9.72. The first kappa shape index (κ1) is 16.8. The topological polar surface area (TPSA) is 26.3 Å². The minimum Gasteiger partial charge on any atom is -0.466 e. The summed E-state index contributed by atoms with van der Waals surface area (Å²) < 4.78 is 4.99. The number of rotatable bonds is 4. The van der Waals surface area contributed by atoms with Crippen molar-refractivity contribution < 1.29 is 9.53 Å². The number of ether oxygens (including phenoxy) is 1.